The third-order valence-electron chi connectivity index (χ3n) is 4.34. The number of piperidine rings is 1. The lowest BCUT2D eigenvalue weighted by atomic mass is 10.1. The molecule has 8 nitrogen and oxygen atoms in total. The minimum Gasteiger partial charge on any atom is -0.450 e. The van der Waals surface area contributed by atoms with E-state index in [1.54, 1.807) is 24.0 Å². The van der Waals surface area contributed by atoms with Gasteiger partial charge in [0.1, 0.15) is 5.82 Å². The lowest BCUT2D eigenvalue weighted by molar-refractivity contribution is 0.0946. The molecule has 1 aliphatic heterocycles. The quantitative estimate of drug-likeness (QED) is 0.689. The fourth-order valence-corrected chi connectivity index (χ4v) is 2.83. The van der Waals surface area contributed by atoms with Gasteiger partial charge < -0.3 is 20.3 Å². The highest BCUT2D eigenvalue weighted by molar-refractivity contribution is 5.92. The largest absolute Gasteiger partial charge is 0.450 e. The molecule has 0 bridgehead atoms. The van der Waals surface area contributed by atoms with Crippen molar-refractivity contribution < 1.29 is 14.3 Å². The maximum absolute atomic E-state index is 12.0. The summed E-state index contributed by atoms with van der Waals surface area (Å²) < 4.78 is 5.02. The molecule has 0 aliphatic carbocycles. The van der Waals surface area contributed by atoms with Gasteiger partial charge in [-0.3, -0.25) is 4.79 Å². The predicted molar refractivity (Wildman–Crippen MR) is 99.1 cm³/mol. The minimum absolute atomic E-state index is 0.192. The number of hydrogen-bond acceptors (Lipinski definition) is 6. The van der Waals surface area contributed by atoms with Crippen LogP contribution in [0.1, 0.15) is 56.4 Å². The maximum atomic E-state index is 12.0. The summed E-state index contributed by atoms with van der Waals surface area (Å²) in [5.41, 5.74) is 0.323. The summed E-state index contributed by atoms with van der Waals surface area (Å²) in [5.74, 6) is 0.449. The van der Waals surface area contributed by atoms with Crippen molar-refractivity contribution in [1.29, 1.82) is 0 Å². The third kappa shape index (κ3) is 6.16. The van der Waals surface area contributed by atoms with Crippen LogP contribution in [-0.2, 0) is 4.74 Å². The summed E-state index contributed by atoms with van der Waals surface area (Å²) in [6.45, 7) is 6.29. The summed E-state index contributed by atoms with van der Waals surface area (Å²) in [6.07, 6.45) is 4.58. The zero-order valence-electron chi connectivity index (χ0n) is 15.7. The third-order valence-corrected chi connectivity index (χ3v) is 4.34. The molecule has 2 heterocycles. The van der Waals surface area contributed by atoms with Crippen LogP contribution in [0.5, 0.6) is 0 Å². The smallest absolute Gasteiger partial charge is 0.409 e. The number of carbonyl (C=O) groups excluding carboxylic acids is 2. The summed E-state index contributed by atoms with van der Waals surface area (Å²) >= 11 is 0. The van der Waals surface area contributed by atoms with Gasteiger partial charge in [0.05, 0.1) is 6.61 Å². The Bertz CT molecular complexity index is 571. The molecule has 26 heavy (non-hydrogen) atoms. The molecule has 0 aromatic carbocycles. The van der Waals surface area contributed by atoms with Gasteiger partial charge in [-0.1, -0.05) is 19.8 Å². The van der Waals surface area contributed by atoms with Crippen LogP contribution in [-0.4, -0.2) is 59.4 Å². The van der Waals surface area contributed by atoms with Gasteiger partial charge in [-0.05, 0) is 38.3 Å². The van der Waals surface area contributed by atoms with Gasteiger partial charge in [0, 0.05) is 25.7 Å². The molecule has 0 atom stereocenters. The number of aromatic nitrogens is 2. The second kappa shape index (κ2) is 10.6. The van der Waals surface area contributed by atoms with E-state index in [1.807, 2.05) is 0 Å². The number of ether oxygens (including phenoxy) is 1. The number of likely N-dealkylation sites (tertiary alicyclic amines) is 1. The average molecular weight is 363 g/mol. The number of nitrogens with one attached hydrogen (secondary N) is 2. The molecule has 2 amide bonds. The van der Waals surface area contributed by atoms with E-state index in [4.69, 9.17) is 4.74 Å². The molecule has 1 aliphatic rings. The van der Waals surface area contributed by atoms with E-state index >= 15 is 0 Å². The topological polar surface area (TPSA) is 96.5 Å². The molecule has 1 saturated heterocycles. The van der Waals surface area contributed by atoms with Crippen LogP contribution in [0.2, 0.25) is 0 Å². The van der Waals surface area contributed by atoms with Gasteiger partial charge in [-0.2, -0.15) is 0 Å². The zero-order chi connectivity index (χ0) is 18.8. The molecule has 1 fully saturated rings. The molecule has 8 heteroatoms. The predicted octanol–water partition coefficient (Wildman–Crippen LogP) is 2.43. The Hall–Kier alpha value is -2.38. The first kappa shape index (κ1) is 19.9. The van der Waals surface area contributed by atoms with Gasteiger partial charge >= 0.3 is 6.09 Å². The summed E-state index contributed by atoms with van der Waals surface area (Å²) in [7, 11) is 0. The second-order valence-corrected chi connectivity index (χ2v) is 6.37. The van der Waals surface area contributed by atoms with E-state index in [0.717, 1.165) is 32.1 Å². The SMILES string of the molecule is CCCCCNC(=O)c1ccc(NC2CCN(C(=O)OCC)CC2)nn1. The molecule has 2 N–H and O–H groups in total. The van der Waals surface area contributed by atoms with Crippen molar-refractivity contribution >= 4 is 17.8 Å². The lowest BCUT2D eigenvalue weighted by Crippen LogP contribution is -2.42. The van der Waals surface area contributed by atoms with E-state index in [9.17, 15) is 9.59 Å². The second-order valence-electron chi connectivity index (χ2n) is 6.37. The van der Waals surface area contributed by atoms with Gasteiger partial charge in [0.15, 0.2) is 5.69 Å². The highest BCUT2D eigenvalue weighted by Crippen LogP contribution is 2.15. The van der Waals surface area contributed by atoms with Crippen molar-refractivity contribution in [2.45, 2.75) is 52.0 Å². The van der Waals surface area contributed by atoms with Gasteiger partial charge in [-0.15, -0.1) is 10.2 Å². The van der Waals surface area contributed by atoms with Crippen LogP contribution in [0.3, 0.4) is 0 Å². The normalized spacial score (nSPS) is 14.8. The molecule has 0 unspecified atom stereocenters. The number of nitrogens with zero attached hydrogens (tertiary/aromatic N) is 3. The standard InChI is InChI=1S/C18H29N5O3/c1-3-5-6-11-19-17(24)15-7-8-16(22-21-15)20-14-9-12-23(13-10-14)18(25)26-4-2/h7-8,14H,3-6,9-13H2,1-2H3,(H,19,24)(H,20,22). The van der Waals surface area contributed by atoms with Gasteiger partial charge in [0.2, 0.25) is 0 Å². The lowest BCUT2D eigenvalue weighted by Gasteiger charge is -2.31. The minimum atomic E-state index is -0.250. The first-order valence-corrected chi connectivity index (χ1v) is 9.44. The first-order chi connectivity index (χ1) is 12.6. The fraction of sp³-hybridized carbons (Fsp3) is 0.667. The zero-order valence-corrected chi connectivity index (χ0v) is 15.7. The van der Waals surface area contributed by atoms with Crippen molar-refractivity contribution in [2.75, 3.05) is 31.6 Å². The molecular weight excluding hydrogens is 334 g/mol. The van der Waals surface area contributed by atoms with Crippen molar-refractivity contribution in [1.82, 2.24) is 20.4 Å². The monoisotopic (exact) mass is 363 g/mol. The van der Waals surface area contributed by atoms with Crippen LogP contribution >= 0.6 is 0 Å². The van der Waals surface area contributed by atoms with Crippen LogP contribution in [0, 0.1) is 0 Å². The highest BCUT2D eigenvalue weighted by Gasteiger charge is 2.23. The summed E-state index contributed by atoms with van der Waals surface area (Å²) in [5, 5.41) is 14.3. The van der Waals surface area contributed by atoms with Crippen LogP contribution in [0.4, 0.5) is 10.6 Å². The van der Waals surface area contributed by atoms with E-state index in [2.05, 4.69) is 27.8 Å². The molecule has 1 aromatic rings. The number of carbonyl (C=O) groups is 2. The Balaban J connectivity index is 1.75. The number of amides is 2. The summed E-state index contributed by atoms with van der Waals surface area (Å²) in [4.78, 5) is 25.4. The Morgan fingerprint density at radius 2 is 1.96 bits per heavy atom. The van der Waals surface area contributed by atoms with Crippen molar-refractivity contribution in [3.63, 3.8) is 0 Å². The van der Waals surface area contributed by atoms with E-state index in [-0.39, 0.29) is 18.0 Å². The Labute approximate surface area is 154 Å². The Morgan fingerprint density at radius 3 is 2.58 bits per heavy atom. The van der Waals surface area contributed by atoms with Crippen LogP contribution < -0.4 is 10.6 Å². The first-order valence-electron chi connectivity index (χ1n) is 9.44. The van der Waals surface area contributed by atoms with E-state index in [1.165, 1.54) is 0 Å². The number of unbranched alkanes of at least 4 members (excludes halogenated alkanes) is 2. The Kier molecular flexibility index (Phi) is 8.11. The molecule has 0 saturated carbocycles. The van der Waals surface area contributed by atoms with Gasteiger partial charge in [-0.25, -0.2) is 4.79 Å². The molecule has 1 aromatic heterocycles. The molecular formula is C18H29N5O3. The van der Waals surface area contributed by atoms with Crippen molar-refractivity contribution in [2.24, 2.45) is 0 Å². The fourth-order valence-electron chi connectivity index (χ4n) is 2.83. The molecule has 0 radical (unpaired) electrons. The number of hydrogen-bond donors (Lipinski definition) is 2. The average Bonchev–Trinajstić information content (AvgIpc) is 2.66. The Morgan fingerprint density at radius 1 is 1.19 bits per heavy atom. The van der Waals surface area contributed by atoms with Crippen LogP contribution in [0.25, 0.3) is 0 Å². The van der Waals surface area contributed by atoms with Crippen molar-refractivity contribution in [3.05, 3.63) is 17.8 Å². The number of anilines is 1. The van der Waals surface area contributed by atoms with E-state index < -0.39 is 0 Å². The highest BCUT2D eigenvalue weighted by atomic mass is 16.6. The van der Waals surface area contributed by atoms with Gasteiger partial charge in [0.25, 0.3) is 5.91 Å². The molecule has 144 valence electrons. The summed E-state index contributed by atoms with van der Waals surface area (Å²) in [6, 6.07) is 3.67. The molecule has 2 rings (SSSR count). The van der Waals surface area contributed by atoms with Crippen molar-refractivity contribution in [3.8, 4) is 0 Å². The maximum Gasteiger partial charge on any atom is 0.409 e. The van der Waals surface area contributed by atoms with E-state index in [0.29, 0.717) is 37.8 Å². The van der Waals surface area contributed by atoms with Crippen LogP contribution in [0.15, 0.2) is 12.1 Å². The number of rotatable bonds is 8. The molecule has 0 spiro atoms.